The number of piperidine rings is 1. The summed E-state index contributed by atoms with van der Waals surface area (Å²) in [4.78, 5) is 14.6. The van der Waals surface area contributed by atoms with Gasteiger partial charge in [0.2, 0.25) is 0 Å². The number of benzene rings is 1. The zero-order chi connectivity index (χ0) is 18.2. The van der Waals surface area contributed by atoms with Crippen molar-refractivity contribution in [1.29, 1.82) is 0 Å². The minimum Gasteiger partial charge on any atom is -0.396 e. The minimum atomic E-state index is -0.186. The second kappa shape index (κ2) is 9.78. The summed E-state index contributed by atoms with van der Waals surface area (Å²) in [5.74, 6) is 0.875. The first-order valence-electron chi connectivity index (χ1n) is 9.44. The van der Waals surface area contributed by atoms with E-state index in [2.05, 4.69) is 40.7 Å². The van der Waals surface area contributed by atoms with Gasteiger partial charge in [-0.1, -0.05) is 38.1 Å². The molecule has 140 valence electrons. The van der Waals surface area contributed by atoms with Crippen LogP contribution in [-0.2, 0) is 13.1 Å². The Hall–Kier alpha value is -1.59. The Morgan fingerprint density at radius 2 is 1.88 bits per heavy atom. The number of urea groups is 1. The molecule has 0 saturated carbocycles. The van der Waals surface area contributed by atoms with Crippen molar-refractivity contribution in [3.8, 4) is 0 Å². The second-order valence-electron chi connectivity index (χ2n) is 7.50. The van der Waals surface area contributed by atoms with Crippen LogP contribution in [-0.4, -0.2) is 41.8 Å². The van der Waals surface area contributed by atoms with Crippen molar-refractivity contribution >= 4 is 6.03 Å². The summed E-state index contributed by atoms with van der Waals surface area (Å²) in [5, 5.41) is 15.0. The summed E-state index contributed by atoms with van der Waals surface area (Å²) in [7, 11) is 0. The Kier molecular flexibility index (Phi) is 7.72. The molecule has 25 heavy (non-hydrogen) atoms. The predicted octanol–water partition coefficient (Wildman–Crippen LogP) is 2.73. The Morgan fingerprint density at radius 3 is 2.52 bits per heavy atom. The van der Waals surface area contributed by atoms with Crippen LogP contribution in [0.15, 0.2) is 24.3 Å². The summed E-state index contributed by atoms with van der Waals surface area (Å²) in [6, 6.07) is 8.08. The third kappa shape index (κ3) is 6.33. The molecule has 1 saturated heterocycles. The number of carbonyl (C=O) groups excluding carboxylic acids is 1. The molecule has 1 aliphatic rings. The lowest BCUT2D eigenvalue weighted by Crippen LogP contribution is -2.44. The summed E-state index contributed by atoms with van der Waals surface area (Å²) in [5.41, 5.74) is 2.45. The molecule has 0 radical (unpaired) electrons. The number of aliphatic hydroxyl groups excluding tert-OH is 1. The van der Waals surface area contributed by atoms with Gasteiger partial charge in [-0.05, 0) is 55.8 Å². The van der Waals surface area contributed by atoms with Crippen molar-refractivity contribution in [3.05, 3.63) is 35.4 Å². The highest BCUT2D eigenvalue weighted by Gasteiger charge is 2.17. The number of carbonyl (C=O) groups is 1. The molecule has 3 N–H and O–H groups in total. The standard InChI is InChI=1S/C20H33N3O2/c1-15-8-10-23(11-9-15)13-19-7-5-4-6-18(19)12-21-20(25)22-17(3)16(2)14-24/h4-7,15-17,24H,8-14H2,1-3H3,(H2,21,22,25). The normalized spacial score (nSPS) is 18.6. The summed E-state index contributed by atoms with van der Waals surface area (Å²) < 4.78 is 0. The molecule has 5 nitrogen and oxygen atoms in total. The highest BCUT2D eigenvalue weighted by molar-refractivity contribution is 5.74. The van der Waals surface area contributed by atoms with Crippen LogP contribution in [0.25, 0.3) is 0 Å². The smallest absolute Gasteiger partial charge is 0.315 e. The molecule has 1 fully saturated rings. The number of nitrogens with zero attached hydrogens (tertiary/aromatic N) is 1. The molecule has 0 bridgehead atoms. The summed E-state index contributed by atoms with van der Waals surface area (Å²) in [6.45, 7) is 9.99. The van der Waals surface area contributed by atoms with Gasteiger partial charge in [-0.3, -0.25) is 4.90 Å². The molecule has 1 aromatic rings. The first-order valence-corrected chi connectivity index (χ1v) is 9.44. The summed E-state index contributed by atoms with van der Waals surface area (Å²) in [6.07, 6.45) is 2.54. The van der Waals surface area contributed by atoms with E-state index in [1.165, 1.54) is 24.0 Å². The quantitative estimate of drug-likeness (QED) is 0.711. The Balaban J connectivity index is 1.86. The van der Waals surface area contributed by atoms with Crippen molar-refractivity contribution in [2.75, 3.05) is 19.7 Å². The van der Waals surface area contributed by atoms with Crippen LogP contribution in [0, 0.1) is 11.8 Å². The van der Waals surface area contributed by atoms with E-state index < -0.39 is 0 Å². The van der Waals surface area contributed by atoms with E-state index in [1.807, 2.05) is 19.9 Å². The third-order valence-corrected chi connectivity index (χ3v) is 5.33. The van der Waals surface area contributed by atoms with Crippen LogP contribution in [0.4, 0.5) is 4.79 Å². The van der Waals surface area contributed by atoms with Crippen molar-refractivity contribution in [3.63, 3.8) is 0 Å². The largest absolute Gasteiger partial charge is 0.396 e. The van der Waals surface area contributed by atoms with Gasteiger partial charge < -0.3 is 15.7 Å². The van der Waals surface area contributed by atoms with Crippen LogP contribution >= 0.6 is 0 Å². The number of amides is 2. The number of likely N-dealkylation sites (tertiary alicyclic amines) is 1. The van der Waals surface area contributed by atoms with Crippen LogP contribution in [0.3, 0.4) is 0 Å². The zero-order valence-corrected chi connectivity index (χ0v) is 15.8. The third-order valence-electron chi connectivity index (χ3n) is 5.33. The van der Waals surface area contributed by atoms with Crippen molar-refractivity contribution in [2.45, 2.75) is 52.7 Å². The predicted molar refractivity (Wildman–Crippen MR) is 101 cm³/mol. The van der Waals surface area contributed by atoms with E-state index in [1.54, 1.807) is 0 Å². The van der Waals surface area contributed by atoms with Gasteiger partial charge in [0.1, 0.15) is 0 Å². The van der Waals surface area contributed by atoms with Gasteiger partial charge in [0.15, 0.2) is 0 Å². The molecule has 0 spiro atoms. The minimum absolute atomic E-state index is 0.0412. The number of hydrogen-bond donors (Lipinski definition) is 3. The second-order valence-corrected chi connectivity index (χ2v) is 7.50. The average Bonchev–Trinajstić information content (AvgIpc) is 2.62. The van der Waals surface area contributed by atoms with Gasteiger partial charge in [-0.25, -0.2) is 4.79 Å². The van der Waals surface area contributed by atoms with Gasteiger partial charge in [0, 0.05) is 25.7 Å². The molecule has 0 aromatic heterocycles. The van der Waals surface area contributed by atoms with Crippen LogP contribution in [0.1, 0.15) is 44.7 Å². The highest BCUT2D eigenvalue weighted by atomic mass is 16.3. The maximum Gasteiger partial charge on any atom is 0.315 e. The van der Waals surface area contributed by atoms with E-state index in [0.29, 0.717) is 6.54 Å². The molecule has 1 aromatic carbocycles. The molecular formula is C20H33N3O2. The maximum atomic E-state index is 12.1. The van der Waals surface area contributed by atoms with E-state index in [4.69, 9.17) is 5.11 Å². The van der Waals surface area contributed by atoms with Crippen LogP contribution < -0.4 is 10.6 Å². The van der Waals surface area contributed by atoms with E-state index in [0.717, 1.165) is 25.6 Å². The van der Waals surface area contributed by atoms with Gasteiger partial charge >= 0.3 is 6.03 Å². The van der Waals surface area contributed by atoms with Crippen LogP contribution in [0.5, 0.6) is 0 Å². The van der Waals surface area contributed by atoms with Crippen molar-refractivity contribution < 1.29 is 9.90 Å². The Morgan fingerprint density at radius 1 is 1.24 bits per heavy atom. The molecule has 2 rings (SSSR count). The fourth-order valence-corrected chi connectivity index (χ4v) is 3.08. The molecule has 0 aliphatic carbocycles. The lowest BCUT2D eigenvalue weighted by Gasteiger charge is -2.30. The lowest BCUT2D eigenvalue weighted by molar-refractivity contribution is 0.184. The average molecular weight is 348 g/mol. The molecule has 5 heteroatoms. The lowest BCUT2D eigenvalue weighted by atomic mass is 9.98. The SMILES string of the molecule is CC1CCN(Cc2ccccc2CNC(=O)NC(C)C(C)CO)CC1. The Labute approximate surface area is 151 Å². The molecule has 1 aliphatic heterocycles. The van der Waals surface area contributed by atoms with Gasteiger partial charge in [-0.2, -0.15) is 0 Å². The number of nitrogens with one attached hydrogen (secondary N) is 2. The van der Waals surface area contributed by atoms with Gasteiger partial charge in [0.05, 0.1) is 0 Å². The van der Waals surface area contributed by atoms with E-state index in [9.17, 15) is 4.79 Å². The molecule has 2 atom stereocenters. The van der Waals surface area contributed by atoms with Gasteiger partial charge in [-0.15, -0.1) is 0 Å². The first kappa shape index (κ1) is 19.7. The fourth-order valence-electron chi connectivity index (χ4n) is 3.08. The highest BCUT2D eigenvalue weighted by Crippen LogP contribution is 2.19. The topological polar surface area (TPSA) is 64.6 Å². The molecular weight excluding hydrogens is 314 g/mol. The monoisotopic (exact) mass is 347 g/mol. The van der Waals surface area contributed by atoms with Crippen LogP contribution in [0.2, 0.25) is 0 Å². The molecule has 2 amide bonds. The van der Waals surface area contributed by atoms with E-state index >= 15 is 0 Å². The number of hydrogen-bond acceptors (Lipinski definition) is 3. The van der Waals surface area contributed by atoms with Crippen molar-refractivity contribution in [1.82, 2.24) is 15.5 Å². The van der Waals surface area contributed by atoms with Crippen molar-refractivity contribution in [2.24, 2.45) is 11.8 Å². The van der Waals surface area contributed by atoms with Gasteiger partial charge in [0.25, 0.3) is 0 Å². The number of aliphatic hydroxyl groups is 1. The summed E-state index contributed by atoms with van der Waals surface area (Å²) >= 11 is 0. The Bertz CT molecular complexity index is 541. The fraction of sp³-hybridized carbons (Fsp3) is 0.650. The first-order chi connectivity index (χ1) is 12.0. The maximum absolute atomic E-state index is 12.1. The zero-order valence-electron chi connectivity index (χ0n) is 15.8. The number of rotatable bonds is 7. The molecule has 2 unspecified atom stereocenters. The molecule has 1 heterocycles. The van der Waals surface area contributed by atoms with E-state index in [-0.39, 0.29) is 24.6 Å².